The highest BCUT2D eigenvalue weighted by Gasteiger charge is 2.33. The number of guanidine groups is 1. The van der Waals surface area contributed by atoms with Gasteiger partial charge in [0.25, 0.3) is 0 Å². The molecule has 1 heterocycles. The first kappa shape index (κ1) is 17.0. The maximum atomic E-state index is 5.49. The minimum atomic E-state index is 0.654. The number of hydrogen-bond donors (Lipinski definition) is 1. The molecule has 3 fully saturated rings. The van der Waals surface area contributed by atoms with Gasteiger partial charge in [0, 0.05) is 51.8 Å². The fourth-order valence-corrected chi connectivity index (χ4v) is 3.45. The van der Waals surface area contributed by atoms with E-state index in [1.54, 1.807) is 0 Å². The monoisotopic (exact) mass is 322 g/mol. The van der Waals surface area contributed by atoms with Gasteiger partial charge in [-0.25, -0.2) is 0 Å². The number of nitrogens with one attached hydrogen (secondary N) is 1. The van der Waals surface area contributed by atoms with Gasteiger partial charge in [0.05, 0.1) is 13.2 Å². The topological polar surface area (TPSA) is 40.1 Å². The number of hydrogen-bond acceptors (Lipinski definition) is 3. The first-order valence-electron chi connectivity index (χ1n) is 9.57. The Morgan fingerprint density at radius 2 is 1.96 bits per heavy atom. The third-order valence-electron chi connectivity index (χ3n) is 5.15. The zero-order chi connectivity index (χ0) is 16.1. The fraction of sp³-hybridized carbons (Fsp3) is 0.944. The van der Waals surface area contributed by atoms with Crippen molar-refractivity contribution in [3.8, 4) is 0 Å². The van der Waals surface area contributed by atoms with Crippen molar-refractivity contribution in [1.29, 1.82) is 0 Å². The summed E-state index contributed by atoms with van der Waals surface area (Å²) in [7, 11) is 2.16. The normalized spacial score (nSPS) is 25.2. The lowest BCUT2D eigenvalue weighted by Gasteiger charge is -2.25. The van der Waals surface area contributed by atoms with Gasteiger partial charge in [-0.05, 0) is 44.9 Å². The lowest BCUT2D eigenvalue weighted by atomic mass is 10.1. The smallest absolute Gasteiger partial charge is 0.193 e. The van der Waals surface area contributed by atoms with Crippen LogP contribution in [0.25, 0.3) is 0 Å². The van der Waals surface area contributed by atoms with Crippen LogP contribution < -0.4 is 5.32 Å². The minimum absolute atomic E-state index is 0.654. The van der Waals surface area contributed by atoms with Crippen molar-refractivity contribution in [2.75, 3.05) is 53.0 Å². The quantitative estimate of drug-likeness (QED) is 0.519. The van der Waals surface area contributed by atoms with Crippen LogP contribution in [0.1, 0.15) is 39.0 Å². The summed E-state index contributed by atoms with van der Waals surface area (Å²) in [6.45, 7) is 9.29. The molecule has 3 rings (SSSR count). The predicted molar refractivity (Wildman–Crippen MR) is 94.9 cm³/mol. The maximum absolute atomic E-state index is 5.49. The molecule has 2 saturated carbocycles. The molecule has 5 nitrogen and oxygen atoms in total. The predicted octanol–water partition coefficient (Wildman–Crippen LogP) is 1.79. The van der Waals surface area contributed by atoms with E-state index in [1.807, 2.05) is 0 Å². The number of nitrogens with zero attached hydrogens (tertiary/aromatic N) is 3. The molecule has 0 amide bonds. The van der Waals surface area contributed by atoms with E-state index in [0.29, 0.717) is 5.92 Å². The van der Waals surface area contributed by atoms with E-state index in [9.17, 15) is 0 Å². The lowest BCUT2D eigenvalue weighted by molar-refractivity contribution is 0.181. The summed E-state index contributed by atoms with van der Waals surface area (Å²) in [5.74, 6) is 2.70. The molecule has 23 heavy (non-hydrogen) atoms. The zero-order valence-corrected chi connectivity index (χ0v) is 15.0. The van der Waals surface area contributed by atoms with Crippen LogP contribution in [0.4, 0.5) is 0 Å². The average Bonchev–Trinajstić information content (AvgIpc) is 3.46. The summed E-state index contributed by atoms with van der Waals surface area (Å²) in [5.41, 5.74) is 0. The van der Waals surface area contributed by atoms with Crippen molar-refractivity contribution < 1.29 is 4.74 Å². The minimum Gasteiger partial charge on any atom is -0.381 e. The Bertz CT molecular complexity index is 386. The van der Waals surface area contributed by atoms with Gasteiger partial charge in [0.15, 0.2) is 5.96 Å². The highest BCUT2D eigenvalue weighted by Crippen LogP contribution is 2.34. The highest BCUT2D eigenvalue weighted by molar-refractivity contribution is 5.79. The van der Waals surface area contributed by atoms with E-state index in [2.05, 4.69) is 29.1 Å². The Labute approximate surface area is 141 Å². The summed E-state index contributed by atoms with van der Waals surface area (Å²) >= 11 is 0. The van der Waals surface area contributed by atoms with Gasteiger partial charge < -0.3 is 15.0 Å². The van der Waals surface area contributed by atoms with E-state index in [1.165, 1.54) is 38.6 Å². The average molecular weight is 322 g/mol. The van der Waals surface area contributed by atoms with Gasteiger partial charge in [-0.2, -0.15) is 0 Å². The molecule has 0 aromatic heterocycles. The van der Waals surface area contributed by atoms with Crippen molar-refractivity contribution in [2.45, 2.75) is 45.1 Å². The molecule has 0 radical (unpaired) electrons. The van der Waals surface area contributed by atoms with Crippen LogP contribution in [-0.4, -0.2) is 74.8 Å². The van der Waals surface area contributed by atoms with Gasteiger partial charge in [-0.3, -0.25) is 9.89 Å². The van der Waals surface area contributed by atoms with Crippen LogP contribution >= 0.6 is 0 Å². The molecule has 0 aromatic carbocycles. The summed E-state index contributed by atoms with van der Waals surface area (Å²) in [6.07, 6.45) is 6.87. The third kappa shape index (κ3) is 5.64. The van der Waals surface area contributed by atoms with Crippen LogP contribution in [0.5, 0.6) is 0 Å². The molecule has 1 atom stereocenters. The standard InChI is InChI=1S/C18H34N4O/c1-3-19-18(21(2)12-16-8-11-23-14-16)20-9-10-22(17-6-7-17)13-15-4-5-15/h15-17H,3-14H2,1-2H3,(H,19,20). The fourth-order valence-electron chi connectivity index (χ4n) is 3.45. The Morgan fingerprint density at radius 3 is 2.57 bits per heavy atom. The SMILES string of the molecule is CCNC(=NCCN(CC1CC1)C1CC1)N(C)CC1CCOC1. The van der Waals surface area contributed by atoms with E-state index >= 15 is 0 Å². The van der Waals surface area contributed by atoms with Crippen LogP contribution in [-0.2, 0) is 4.74 Å². The second-order valence-corrected chi connectivity index (χ2v) is 7.52. The second kappa shape index (κ2) is 8.34. The maximum Gasteiger partial charge on any atom is 0.193 e. The van der Waals surface area contributed by atoms with Crippen LogP contribution in [0.3, 0.4) is 0 Å². The summed E-state index contributed by atoms with van der Waals surface area (Å²) in [6, 6.07) is 0.863. The zero-order valence-electron chi connectivity index (χ0n) is 15.0. The molecule has 5 heteroatoms. The van der Waals surface area contributed by atoms with Crippen molar-refractivity contribution in [3.63, 3.8) is 0 Å². The largest absolute Gasteiger partial charge is 0.381 e. The highest BCUT2D eigenvalue weighted by atomic mass is 16.5. The number of rotatable bonds is 9. The third-order valence-corrected chi connectivity index (χ3v) is 5.15. The summed E-state index contributed by atoms with van der Waals surface area (Å²) < 4.78 is 5.49. The molecule has 0 aromatic rings. The lowest BCUT2D eigenvalue weighted by Crippen LogP contribution is -2.42. The molecule has 1 N–H and O–H groups in total. The van der Waals surface area contributed by atoms with E-state index in [4.69, 9.17) is 9.73 Å². The van der Waals surface area contributed by atoms with Gasteiger partial charge in [0.2, 0.25) is 0 Å². The van der Waals surface area contributed by atoms with Crippen molar-refractivity contribution in [1.82, 2.24) is 15.1 Å². The van der Waals surface area contributed by atoms with Crippen molar-refractivity contribution >= 4 is 5.96 Å². The van der Waals surface area contributed by atoms with Crippen molar-refractivity contribution in [2.24, 2.45) is 16.8 Å². The van der Waals surface area contributed by atoms with Gasteiger partial charge in [-0.1, -0.05) is 0 Å². The van der Waals surface area contributed by atoms with E-state index < -0.39 is 0 Å². The molecule has 0 bridgehead atoms. The van der Waals surface area contributed by atoms with Crippen molar-refractivity contribution in [3.05, 3.63) is 0 Å². The molecule has 132 valence electrons. The molecule has 1 saturated heterocycles. The number of aliphatic imine (C=N–C) groups is 1. The van der Waals surface area contributed by atoms with Gasteiger partial charge >= 0.3 is 0 Å². The van der Waals surface area contributed by atoms with Crippen LogP contribution in [0, 0.1) is 11.8 Å². The Hall–Kier alpha value is -0.810. The molecule has 3 aliphatic rings. The van der Waals surface area contributed by atoms with Gasteiger partial charge in [0.1, 0.15) is 0 Å². The first-order valence-corrected chi connectivity index (χ1v) is 9.57. The van der Waals surface area contributed by atoms with E-state index in [-0.39, 0.29) is 0 Å². The molecular formula is C18H34N4O. The van der Waals surface area contributed by atoms with E-state index in [0.717, 1.165) is 57.3 Å². The molecule has 1 unspecified atom stereocenters. The Morgan fingerprint density at radius 1 is 1.13 bits per heavy atom. The molecule has 2 aliphatic carbocycles. The van der Waals surface area contributed by atoms with Gasteiger partial charge in [-0.15, -0.1) is 0 Å². The molecule has 0 spiro atoms. The molecule has 1 aliphatic heterocycles. The number of ether oxygens (including phenoxy) is 1. The van der Waals surface area contributed by atoms with Crippen LogP contribution in [0.2, 0.25) is 0 Å². The second-order valence-electron chi connectivity index (χ2n) is 7.52. The first-order chi connectivity index (χ1) is 11.3. The summed E-state index contributed by atoms with van der Waals surface area (Å²) in [4.78, 5) is 9.86. The Balaban J connectivity index is 1.46. The molecular weight excluding hydrogens is 288 g/mol. The van der Waals surface area contributed by atoms with Crippen LogP contribution in [0.15, 0.2) is 4.99 Å². The Kier molecular flexibility index (Phi) is 6.17. The summed E-state index contributed by atoms with van der Waals surface area (Å²) in [5, 5.41) is 3.44.